The number of fused-ring (bicyclic) bond motifs is 1. The van der Waals surface area contributed by atoms with Crippen molar-refractivity contribution in [2.75, 3.05) is 12.4 Å². The molecule has 164 valence electrons. The van der Waals surface area contributed by atoms with Crippen molar-refractivity contribution in [2.24, 2.45) is 0 Å². The van der Waals surface area contributed by atoms with Gasteiger partial charge in [0.1, 0.15) is 22.9 Å². The fraction of sp³-hybridized carbons (Fsp3) is 0.200. The van der Waals surface area contributed by atoms with Gasteiger partial charge in [0.25, 0.3) is 5.88 Å². The quantitative estimate of drug-likeness (QED) is 0.323. The number of halogens is 1. The molecule has 0 atom stereocenters. The predicted octanol–water partition coefficient (Wildman–Crippen LogP) is 4.11. The first kappa shape index (κ1) is 21.2. The minimum atomic E-state index is -0.563. The number of ether oxygens (including phenoxy) is 2. The lowest BCUT2D eigenvalue weighted by Gasteiger charge is -2.13. The Hall–Kier alpha value is -3.99. The molecule has 4 aromatic rings. The Morgan fingerprint density at radius 3 is 2.75 bits per heavy atom. The molecule has 3 heterocycles. The average Bonchev–Trinajstić information content (AvgIpc) is 3.19. The molecule has 0 saturated carbocycles. The lowest BCUT2D eigenvalue weighted by molar-refractivity contribution is -0.391. The van der Waals surface area contributed by atoms with Crippen molar-refractivity contribution in [3.8, 4) is 17.4 Å². The van der Waals surface area contributed by atoms with E-state index in [0.717, 1.165) is 16.3 Å². The molecular formula is C20H18ClN7O4. The highest BCUT2D eigenvalue weighted by Crippen LogP contribution is 2.32. The fourth-order valence-corrected chi connectivity index (χ4v) is 3.20. The third-order valence-electron chi connectivity index (χ3n) is 4.54. The molecule has 0 aliphatic heterocycles. The molecule has 0 radical (unpaired) electrons. The lowest BCUT2D eigenvalue weighted by Crippen LogP contribution is -2.06. The monoisotopic (exact) mass is 455 g/mol. The number of nitro groups is 1. The van der Waals surface area contributed by atoms with E-state index in [1.54, 1.807) is 31.2 Å². The maximum absolute atomic E-state index is 11.1. The Bertz CT molecular complexity index is 1330. The van der Waals surface area contributed by atoms with Crippen LogP contribution in [0.4, 0.5) is 11.6 Å². The molecule has 0 fully saturated rings. The average molecular weight is 456 g/mol. The third kappa shape index (κ3) is 4.23. The number of nitrogens with zero attached hydrogens (tertiary/aromatic N) is 6. The number of rotatable bonds is 7. The van der Waals surface area contributed by atoms with E-state index >= 15 is 0 Å². The number of hydrogen-bond acceptors (Lipinski definition) is 9. The molecule has 0 aliphatic carbocycles. The molecule has 0 amide bonds. The zero-order valence-corrected chi connectivity index (χ0v) is 18.1. The van der Waals surface area contributed by atoms with Crippen LogP contribution in [0.3, 0.4) is 0 Å². The molecule has 1 aromatic carbocycles. The van der Waals surface area contributed by atoms with E-state index < -0.39 is 4.92 Å². The van der Waals surface area contributed by atoms with Gasteiger partial charge in [0.05, 0.1) is 12.8 Å². The van der Waals surface area contributed by atoms with E-state index in [1.165, 1.54) is 7.11 Å². The fourth-order valence-electron chi connectivity index (χ4n) is 3.04. The standard InChI is InChI=1S/C20H18ClN7O4/c1-11-19(21)20(25-12(2)24-11)23-9-13-4-5-14(15(8-13)31-3)32-17-7-6-16-22-10-18(28(29)30)27(16)26-17/h4-8,10H,9H2,1-3H3,(H,23,24,25). The summed E-state index contributed by atoms with van der Waals surface area (Å²) in [6.07, 6.45) is 1.14. The molecule has 3 aromatic heterocycles. The van der Waals surface area contributed by atoms with Gasteiger partial charge in [-0.2, -0.15) is 0 Å². The molecule has 1 N–H and O–H groups in total. The molecule has 0 unspecified atom stereocenters. The van der Waals surface area contributed by atoms with Gasteiger partial charge in [-0.1, -0.05) is 22.2 Å². The number of aromatic nitrogens is 5. The predicted molar refractivity (Wildman–Crippen MR) is 117 cm³/mol. The van der Waals surface area contributed by atoms with Crippen LogP contribution in [-0.2, 0) is 6.54 Å². The van der Waals surface area contributed by atoms with Gasteiger partial charge in [-0.15, -0.1) is 0 Å². The Balaban J connectivity index is 1.54. The highest BCUT2D eigenvalue weighted by atomic mass is 35.5. The first-order valence-electron chi connectivity index (χ1n) is 9.44. The van der Waals surface area contributed by atoms with E-state index in [9.17, 15) is 10.1 Å². The van der Waals surface area contributed by atoms with Gasteiger partial charge in [-0.05, 0) is 41.6 Å². The Labute approximate surface area is 187 Å². The third-order valence-corrected chi connectivity index (χ3v) is 4.99. The maximum atomic E-state index is 11.1. The van der Waals surface area contributed by atoms with Gasteiger partial charge in [0.15, 0.2) is 11.5 Å². The van der Waals surface area contributed by atoms with Crippen molar-refractivity contribution >= 4 is 28.9 Å². The topological polar surface area (TPSA) is 130 Å². The smallest absolute Gasteiger partial charge is 0.368 e. The molecule has 0 spiro atoms. The van der Waals surface area contributed by atoms with E-state index in [0.29, 0.717) is 46.0 Å². The summed E-state index contributed by atoms with van der Waals surface area (Å²) in [7, 11) is 1.52. The number of imidazole rings is 1. The minimum absolute atomic E-state index is 0.154. The van der Waals surface area contributed by atoms with Crippen LogP contribution in [0.15, 0.2) is 36.5 Å². The largest absolute Gasteiger partial charge is 0.493 e. The molecule has 0 aliphatic rings. The summed E-state index contributed by atoms with van der Waals surface area (Å²) in [6, 6.07) is 8.52. The molecule has 32 heavy (non-hydrogen) atoms. The van der Waals surface area contributed by atoms with Gasteiger partial charge in [0, 0.05) is 18.7 Å². The summed E-state index contributed by atoms with van der Waals surface area (Å²) in [4.78, 5) is 23.1. The first-order chi connectivity index (χ1) is 15.4. The second-order valence-electron chi connectivity index (χ2n) is 6.77. The van der Waals surface area contributed by atoms with Crippen molar-refractivity contribution in [1.82, 2.24) is 24.6 Å². The van der Waals surface area contributed by atoms with E-state index in [1.807, 2.05) is 13.0 Å². The number of methoxy groups -OCH3 is 1. The van der Waals surface area contributed by atoms with Crippen LogP contribution < -0.4 is 14.8 Å². The Morgan fingerprint density at radius 1 is 1.19 bits per heavy atom. The summed E-state index contributed by atoms with van der Waals surface area (Å²) in [6.45, 7) is 4.06. The van der Waals surface area contributed by atoms with Crippen LogP contribution in [0.5, 0.6) is 17.4 Å². The summed E-state index contributed by atoms with van der Waals surface area (Å²) in [5.41, 5.74) is 1.93. The second-order valence-corrected chi connectivity index (χ2v) is 7.15. The minimum Gasteiger partial charge on any atom is -0.493 e. The van der Waals surface area contributed by atoms with Crippen LogP contribution in [0.2, 0.25) is 5.02 Å². The lowest BCUT2D eigenvalue weighted by atomic mass is 10.2. The van der Waals surface area contributed by atoms with Crippen molar-refractivity contribution in [2.45, 2.75) is 20.4 Å². The van der Waals surface area contributed by atoms with E-state index in [4.69, 9.17) is 21.1 Å². The number of benzene rings is 1. The molecule has 11 nitrogen and oxygen atoms in total. The highest BCUT2D eigenvalue weighted by molar-refractivity contribution is 6.33. The number of anilines is 1. The zero-order valence-electron chi connectivity index (χ0n) is 17.4. The number of nitrogens with one attached hydrogen (secondary N) is 1. The van der Waals surface area contributed by atoms with E-state index in [2.05, 4.69) is 25.4 Å². The molecule has 12 heteroatoms. The summed E-state index contributed by atoms with van der Waals surface area (Å²) >= 11 is 6.28. The number of aryl methyl sites for hydroxylation is 2. The van der Waals surface area contributed by atoms with Gasteiger partial charge in [0.2, 0.25) is 5.65 Å². The zero-order chi connectivity index (χ0) is 22.8. The van der Waals surface area contributed by atoms with Crippen LogP contribution >= 0.6 is 11.6 Å². The number of hydrogen-bond donors (Lipinski definition) is 1. The first-order valence-corrected chi connectivity index (χ1v) is 9.82. The SMILES string of the molecule is COc1cc(CNc2nc(C)nc(C)c2Cl)ccc1Oc1ccc2ncc([N+](=O)[O-])n2n1. The van der Waals surface area contributed by atoms with Crippen LogP contribution in [-0.4, -0.2) is 36.6 Å². The van der Waals surface area contributed by atoms with Crippen molar-refractivity contribution in [3.05, 3.63) is 68.7 Å². The van der Waals surface area contributed by atoms with Crippen LogP contribution in [0, 0.1) is 24.0 Å². The van der Waals surface area contributed by atoms with Crippen LogP contribution in [0.25, 0.3) is 5.65 Å². The summed E-state index contributed by atoms with van der Waals surface area (Å²) in [5, 5.41) is 18.9. The van der Waals surface area contributed by atoms with E-state index in [-0.39, 0.29) is 11.7 Å². The second kappa shape index (κ2) is 8.63. The van der Waals surface area contributed by atoms with Gasteiger partial charge >= 0.3 is 5.82 Å². The Kier molecular flexibility index (Phi) is 5.73. The summed E-state index contributed by atoms with van der Waals surface area (Å²) < 4.78 is 12.4. The molecular weight excluding hydrogens is 438 g/mol. The molecule has 0 saturated heterocycles. The van der Waals surface area contributed by atoms with Crippen LogP contribution in [0.1, 0.15) is 17.1 Å². The molecule has 0 bridgehead atoms. The molecule has 4 rings (SSSR count). The van der Waals surface area contributed by atoms with Gasteiger partial charge in [-0.25, -0.2) is 15.0 Å². The van der Waals surface area contributed by atoms with Crippen molar-refractivity contribution in [1.29, 1.82) is 0 Å². The summed E-state index contributed by atoms with van der Waals surface area (Å²) in [5.74, 6) is 1.94. The van der Waals surface area contributed by atoms with Crippen molar-refractivity contribution < 1.29 is 14.4 Å². The maximum Gasteiger partial charge on any atom is 0.368 e. The Morgan fingerprint density at radius 2 is 2.00 bits per heavy atom. The van der Waals surface area contributed by atoms with Gasteiger partial charge in [-0.3, -0.25) is 0 Å². The highest BCUT2D eigenvalue weighted by Gasteiger charge is 2.17. The van der Waals surface area contributed by atoms with Gasteiger partial charge < -0.3 is 24.9 Å². The normalized spacial score (nSPS) is 10.9. The van der Waals surface area contributed by atoms with Crippen molar-refractivity contribution in [3.63, 3.8) is 0 Å².